The highest BCUT2D eigenvalue weighted by Gasteiger charge is 2.38. The van der Waals surface area contributed by atoms with Gasteiger partial charge in [-0.25, -0.2) is 0 Å². The molecule has 0 aliphatic carbocycles. The molecule has 1 amide bonds. The zero-order valence-corrected chi connectivity index (χ0v) is 12.0. The molecule has 1 saturated heterocycles. The van der Waals surface area contributed by atoms with E-state index in [4.69, 9.17) is 4.74 Å². The molecule has 3 atom stereocenters. The first-order chi connectivity index (χ1) is 10.1. The van der Waals surface area contributed by atoms with E-state index in [1.807, 2.05) is 31.2 Å². The van der Waals surface area contributed by atoms with E-state index in [1.54, 1.807) is 4.90 Å². The van der Waals surface area contributed by atoms with Gasteiger partial charge in [-0.05, 0) is 31.4 Å². The van der Waals surface area contributed by atoms with Gasteiger partial charge in [0.05, 0.1) is 17.9 Å². The Labute approximate surface area is 123 Å². The number of carbonyl (C=O) groups is 2. The summed E-state index contributed by atoms with van der Waals surface area (Å²) in [5.41, 5.74) is 1.47. The number of carboxylic acids is 1. The number of carboxylic acid groups (broad SMARTS) is 1. The van der Waals surface area contributed by atoms with Crippen LogP contribution in [0.4, 0.5) is 5.69 Å². The fourth-order valence-corrected chi connectivity index (χ4v) is 3.30. The molecule has 0 bridgehead atoms. The van der Waals surface area contributed by atoms with Gasteiger partial charge in [0.25, 0.3) is 0 Å². The Morgan fingerprint density at radius 1 is 1.29 bits per heavy atom. The third-order valence-corrected chi connectivity index (χ3v) is 4.50. The molecular weight excluding hydrogens is 270 g/mol. The molecule has 1 aromatic rings. The first-order valence-corrected chi connectivity index (χ1v) is 7.34. The monoisotopic (exact) mass is 289 g/mol. The predicted octanol–water partition coefficient (Wildman–Crippen LogP) is 2.02. The van der Waals surface area contributed by atoms with Crippen LogP contribution in [0.15, 0.2) is 24.3 Å². The first kappa shape index (κ1) is 14.1. The van der Waals surface area contributed by atoms with Crippen LogP contribution in [0.3, 0.4) is 0 Å². The molecule has 5 nitrogen and oxygen atoms in total. The molecule has 112 valence electrons. The number of rotatable bonds is 2. The van der Waals surface area contributed by atoms with Crippen molar-refractivity contribution in [2.75, 3.05) is 18.1 Å². The molecule has 21 heavy (non-hydrogen) atoms. The minimum atomic E-state index is -0.827. The maximum atomic E-state index is 12.7. The lowest BCUT2D eigenvalue weighted by molar-refractivity contribution is -0.139. The van der Waals surface area contributed by atoms with E-state index in [9.17, 15) is 14.7 Å². The van der Waals surface area contributed by atoms with Crippen LogP contribution < -0.4 is 4.90 Å². The number of benzene rings is 1. The highest BCUT2D eigenvalue weighted by Crippen LogP contribution is 2.37. The number of anilines is 1. The molecule has 2 aliphatic rings. The molecule has 0 aromatic heterocycles. The van der Waals surface area contributed by atoms with Crippen LogP contribution in [0.25, 0.3) is 0 Å². The molecule has 1 aromatic carbocycles. The van der Waals surface area contributed by atoms with E-state index >= 15 is 0 Å². The summed E-state index contributed by atoms with van der Waals surface area (Å²) in [5.74, 6) is -1.43. The average Bonchev–Trinajstić information content (AvgIpc) is 2.91. The Hall–Kier alpha value is -1.88. The maximum absolute atomic E-state index is 12.7. The van der Waals surface area contributed by atoms with Crippen molar-refractivity contribution in [2.24, 2.45) is 5.92 Å². The summed E-state index contributed by atoms with van der Waals surface area (Å²) < 4.78 is 5.48. The number of para-hydroxylation sites is 1. The van der Waals surface area contributed by atoms with Crippen molar-refractivity contribution in [3.63, 3.8) is 0 Å². The van der Waals surface area contributed by atoms with Crippen LogP contribution in [-0.4, -0.2) is 36.2 Å². The van der Waals surface area contributed by atoms with Crippen LogP contribution in [0, 0.1) is 5.92 Å². The van der Waals surface area contributed by atoms with Gasteiger partial charge in [0.2, 0.25) is 5.91 Å². The summed E-state index contributed by atoms with van der Waals surface area (Å²) in [7, 11) is 0. The van der Waals surface area contributed by atoms with E-state index in [1.165, 1.54) is 0 Å². The van der Waals surface area contributed by atoms with Gasteiger partial charge in [0.1, 0.15) is 0 Å². The number of hydrogen-bond donors (Lipinski definition) is 1. The van der Waals surface area contributed by atoms with Gasteiger partial charge >= 0.3 is 5.97 Å². The van der Waals surface area contributed by atoms with Gasteiger partial charge in [0, 0.05) is 18.8 Å². The third kappa shape index (κ3) is 2.42. The van der Waals surface area contributed by atoms with Gasteiger partial charge in [-0.15, -0.1) is 0 Å². The molecular formula is C16H19NO4. The van der Waals surface area contributed by atoms with Gasteiger partial charge in [-0.1, -0.05) is 18.2 Å². The zero-order valence-electron chi connectivity index (χ0n) is 12.0. The lowest BCUT2D eigenvalue weighted by Gasteiger charge is -2.34. The van der Waals surface area contributed by atoms with Crippen LogP contribution in [0.5, 0.6) is 0 Å². The lowest BCUT2D eigenvalue weighted by Crippen LogP contribution is -2.43. The van der Waals surface area contributed by atoms with Crippen LogP contribution in [0.2, 0.25) is 0 Å². The first-order valence-electron chi connectivity index (χ1n) is 7.34. The summed E-state index contributed by atoms with van der Waals surface area (Å²) in [6, 6.07) is 7.31. The molecule has 0 radical (unpaired) electrons. The number of hydrogen-bond acceptors (Lipinski definition) is 3. The Kier molecular flexibility index (Phi) is 3.68. The molecule has 0 saturated carbocycles. The second kappa shape index (κ2) is 5.48. The molecule has 2 heterocycles. The maximum Gasteiger partial charge on any atom is 0.311 e. The predicted molar refractivity (Wildman–Crippen MR) is 77.3 cm³/mol. The normalized spacial score (nSPS) is 28.2. The molecule has 3 rings (SSSR count). The Bertz CT molecular complexity index is 571. The fourth-order valence-electron chi connectivity index (χ4n) is 3.30. The largest absolute Gasteiger partial charge is 0.481 e. The minimum Gasteiger partial charge on any atom is -0.481 e. The molecule has 5 heteroatoms. The van der Waals surface area contributed by atoms with E-state index < -0.39 is 11.9 Å². The van der Waals surface area contributed by atoms with Crippen molar-refractivity contribution in [2.45, 2.75) is 31.8 Å². The summed E-state index contributed by atoms with van der Waals surface area (Å²) in [6.45, 7) is 2.99. The molecule has 2 aliphatic heterocycles. The van der Waals surface area contributed by atoms with Gasteiger partial charge in [0.15, 0.2) is 0 Å². The summed E-state index contributed by atoms with van der Waals surface area (Å²) in [5, 5.41) is 9.34. The number of ether oxygens (including phenoxy) is 1. The molecule has 1 N–H and O–H groups in total. The van der Waals surface area contributed by atoms with Crippen LogP contribution >= 0.6 is 0 Å². The van der Waals surface area contributed by atoms with Crippen LogP contribution in [-0.2, 0) is 14.3 Å². The van der Waals surface area contributed by atoms with Crippen molar-refractivity contribution in [3.8, 4) is 0 Å². The average molecular weight is 289 g/mol. The van der Waals surface area contributed by atoms with Crippen molar-refractivity contribution < 1.29 is 19.4 Å². The second-order valence-electron chi connectivity index (χ2n) is 5.70. The SMILES string of the molecule is CC1OCCC1C(=O)N1CCC(C(=O)O)c2ccccc21. The Morgan fingerprint density at radius 2 is 2.05 bits per heavy atom. The fraction of sp³-hybridized carbons (Fsp3) is 0.500. The van der Waals surface area contributed by atoms with Crippen molar-refractivity contribution >= 4 is 17.6 Å². The number of fused-ring (bicyclic) bond motifs is 1. The van der Waals surface area contributed by atoms with Crippen molar-refractivity contribution in [1.82, 2.24) is 0 Å². The topological polar surface area (TPSA) is 66.8 Å². The smallest absolute Gasteiger partial charge is 0.311 e. The summed E-state index contributed by atoms with van der Waals surface area (Å²) >= 11 is 0. The molecule has 0 spiro atoms. The van der Waals surface area contributed by atoms with E-state index in [0.717, 1.165) is 17.7 Å². The Morgan fingerprint density at radius 3 is 2.71 bits per heavy atom. The summed E-state index contributed by atoms with van der Waals surface area (Å²) in [4.78, 5) is 25.9. The minimum absolute atomic E-state index is 0.0521. The number of nitrogens with zero attached hydrogens (tertiary/aromatic N) is 1. The standard InChI is InChI=1S/C16H19NO4/c1-10-11(7-9-21-10)15(18)17-8-6-13(16(19)20)12-4-2-3-5-14(12)17/h2-5,10-11,13H,6-9H2,1H3,(H,19,20). The Balaban J connectivity index is 1.92. The number of amides is 1. The highest BCUT2D eigenvalue weighted by molar-refractivity contribution is 5.98. The van der Waals surface area contributed by atoms with Gasteiger partial charge in [-0.2, -0.15) is 0 Å². The lowest BCUT2D eigenvalue weighted by atomic mass is 9.88. The van der Waals surface area contributed by atoms with Crippen LogP contribution in [0.1, 0.15) is 31.2 Å². The van der Waals surface area contributed by atoms with E-state index in [2.05, 4.69) is 0 Å². The van der Waals surface area contributed by atoms with Crippen molar-refractivity contribution in [3.05, 3.63) is 29.8 Å². The zero-order chi connectivity index (χ0) is 15.0. The number of aliphatic carboxylic acids is 1. The third-order valence-electron chi connectivity index (χ3n) is 4.50. The van der Waals surface area contributed by atoms with Crippen molar-refractivity contribution in [1.29, 1.82) is 0 Å². The quantitative estimate of drug-likeness (QED) is 0.904. The van der Waals surface area contributed by atoms with E-state index in [-0.39, 0.29) is 17.9 Å². The van der Waals surface area contributed by atoms with Gasteiger partial charge < -0.3 is 14.7 Å². The molecule has 1 fully saturated rings. The molecule has 3 unspecified atom stereocenters. The highest BCUT2D eigenvalue weighted by atomic mass is 16.5. The van der Waals surface area contributed by atoms with Gasteiger partial charge in [-0.3, -0.25) is 9.59 Å². The van der Waals surface area contributed by atoms with E-state index in [0.29, 0.717) is 19.6 Å². The number of carbonyl (C=O) groups excluding carboxylic acids is 1. The second-order valence-corrected chi connectivity index (χ2v) is 5.70. The summed E-state index contributed by atoms with van der Waals surface area (Å²) in [6.07, 6.45) is 1.13.